The van der Waals surface area contributed by atoms with E-state index in [-0.39, 0.29) is 5.41 Å². The smallest absolute Gasteiger partial charge is 0.194 e. The van der Waals surface area contributed by atoms with Crippen molar-refractivity contribution in [3.63, 3.8) is 0 Å². The first-order chi connectivity index (χ1) is 9.74. The number of anilines is 1. The molecule has 6 heteroatoms. The van der Waals surface area contributed by atoms with Crippen molar-refractivity contribution in [1.29, 1.82) is 0 Å². The van der Waals surface area contributed by atoms with Gasteiger partial charge in [0, 0.05) is 31.9 Å². The van der Waals surface area contributed by atoms with Gasteiger partial charge in [-0.05, 0) is 25.0 Å². The molecule has 0 radical (unpaired) electrons. The van der Waals surface area contributed by atoms with Gasteiger partial charge in [0.1, 0.15) is 5.82 Å². The van der Waals surface area contributed by atoms with Crippen LogP contribution in [0, 0.1) is 5.41 Å². The second-order valence-electron chi connectivity index (χ2n) is 5.09. The largest absolute Gasteiger partial charge is 0.384 e. The summed E-state index contributed by atoms with van der Waals surface area (Å²) in [6.45, 7) is 2.82. The molecule has 0 bridgehead atoms. The maximum atomic E-state index is 5.90. The lowest BCUT2D eigenvalue weighted by atomic mass is 9.81. The molecule has 0 aliphatic carbocycles. The fourth-order valence-corrected chi connectivity index (χ4v) is 2.32. The summed E-state index contributed by atoms with van der Waals surface area (Å²) in [5.41, 5.74) is 5.94. The molecule has 1 saturated heterocycles. The average molecular weight is 278 g/mol. The summed E-state index contributed by atoms with van der Waals surface area (Å²) in [5.74, 6) is 1.08. The van der Waals surface area contributed by atoms with Gasteiger partial charge in [-0.2, -0.15) is 0 Å². The molecule has 6 nitrogen and oxygen atoms in total. The number of ether oxygens (including phenoxy) is 2. The minimum atomic E-state index is 0.0312. The molecule has 3 N–H and O–H groups in total. The highest BCUT2D eigenvalue weighted by Gasteiger charge is 2.32. The first kappa shape index (κ1) is 14.7. The molecular weight excluding hydrogens is 256 g/mol. The van der Waals surface area contributed by atoms with Gasteiger partial charge in [-0.25, -0.2) is 4.98 Å². The predicted molar refractivity (Wildman–Crippen MR) is 78.7 cm³/mol. The van der Waals surface area contributed by atoms with Gasteiger partial charge < -0.3 is 20.5 Å². The standard InChI is InChI=1S/C14H22N4O2/c1-19-11-14(5-8-20-9-6-14)10-17-13(15)18-12-4-2-3-7-16-12/h2-4,7H,5-6,8-11H2,1H3,(H3,15,16,17,18). The number of nitrogens with zero attached hydrogens (tertiary/aromatic N) is 2. The molecule has 20 heavy (non-hydrogen) atoms. The van der Waals surface area contributed by atoms with Crippen LogP contribution in [-0.4, -0.2) is 44.4 Å². The average Bonchev–Trinajstić information content (AvgIpc) is 2.48. The van der Waals surface area contributed by atoms with E-state index in [0.29, 0.717) is 24.9 Å². The van der Waals surface area contributed by atoms with Gasteiger partial charge in [0.2, 0.25) is 0 Å². The number of pyridine rings is 1. The van der Waals surface area contributed by atoms with E-state index < -0.39 is 0 Å². The van der Waals surface area contributed by atoms with E-state index in [0.717, 1.165) is 26.1 Å². The molecular formula is C14H22N4O2. The number of aliphatic imine (C=N–C) groups is 1. The van der Waals surface area contributed by atoms with Crippen LogP contribution in [0.15, 0.2) is 29.4 Å². The van der Waals surface area contributed by atoms with Crippen molar-refractivity contribution in [1.82, 2.24) is 4.98 Å². The summed E-state index contributed by atoms with van der Waals surface area (Å²) in [4.78, 5) is 8.59. The summed E-state index contributed by atoms with van der Waals surface area (Å²) in [6, 6.07) is 5.60. The number of nitrogens with two attached hydrogens (primary N) is 1. The minimum Gasteiger partial charge on any atom is -0.384 e. The van der Waals surface area contributed by atoms with E-state index >= 15 is 0 Å². The SMILES string of the molecule is COCC1(CN=C(N)Nc2ccccn2)CCOCC1. The summed E-state index contributed by atoms with van der Waals surface area (Å²) in [5, 5.41) is 2.99. The topological polar surface area (TPSA) is 81.8 Å². The Balaban J connectivity index is 1.94. The van der Waals surface area contributed by atoms with E-state index in [4.69, 9.17) is 15.2 Å². The maximum absolute atomic E-state index is 5.90. The molecule has 2 rings (SSSR count). The molecule has 0 amide bonds. The number of aromatic nitrogens is 1. The highest BCUT2D eigenvalue weighted by atomic mass is 16.5. The normalized spacial score (nSPS) is 18.8. The van der Waals surface area contributed by atoms with Gasteiger partial charge in [-0.15, -0.1) is 0 Å². The highest BCUT2D eigenvalue weighted by Crippen LogP contribution is 2.31. The molecule has 0 aromatic carbocycles. The molecule has 1 aromatic heterocycles. The van der Waals surface area contributed by atoms with E-state index in [1.54, 1.807) is 13.3 Å². The fraction of sp³-hybridized carbons (Fsp3) is 0.571. The number of hydrogen-bond donors (Lipinski definition) is 2. The van der Waals surface area contributed by atoms with Crippen LogP contribution in [-0.2, 0) is 9.47 Å². The lowest BCUT2D eigenvalue weighted by Crippen LogP contribution is -2.37. The maximum Gasteiger partial charge on any atom is 0.194 e. The summed E-state index contributed by atoms with van der Waals surface area (Å²) >= 11 is 0. The van der Waals surface area contributed by atoms with Gasteiger partial charge in [-0.3, -0.25) is 4.99 Å². The number of nitrogens with one attached hydrogen (secondary N) is 1. The van der Waals surface area contributed by atoms with Crippen LogP contribution in [0.25, 0.3) is 0 Å². The predicted octanol–water partition coefficient (Wildman–Crippen LogP) is 1.25. The van der Waals surface area contributed by atoms with Crippen LogP contribution in [0.1, 0.15) is 12.8 Å². The molecule has 1 aliphatic heterocycles. The first-order valence-electron chi connectivity index (χ1n) is 6.79. The van der Waals surface area contributed by atoms with Gasteiger partial charge >= 0.3 is 0 Å². The third-order valence-electron chi connectivity index (χ3n) is 3.51. The number of hydrogen-bond acceptors (Lipinski definition) is 4. The fourth-order valence-electron chi connectivity index (χ4n) is 2.32. The zero-order valence-corrected chi connectivity index (χ0v) is 11.8. The second-order valence-corrected chi connectivity index (χ2v) is 5.09. The van der Waals surface area contributed by atoms with Crippen LogP contribution >= 0.6 is 0 Å². The summed E-state index contributed by atoms with van der Waals surface area (Å²) < 4.78 is 10.7. The lowest BCUT2D eigenvalue weighted by molar-refractivity contribution is -0.0222. The minimum absolute atomic E-state index is 0.0312. The van der Waals surface area contributed by atoms with Crippen molar-refractivity contribution >= 4 is 11.8 Å². The molecule has 0 spiro atoms. The van der Waals surface area contributed by atoms with E-state index in [1.165, 1.54) is 0 Å². The van der Waals surface area contributed by atoms with Crippen molar-refractivity contribution in [2.75, 3.05) is 38.8 Å². The van der Waals surface area contributed by atoms with Crippen molar-refractivity contribution in [2.24, 2.45) is 16.1 Å². The lowest BCUT2D eigenvalue weighted by Gasteiger charge is -2.35. The Morgan fingerprint density at radius 1 is 1.50 bits per heavy atom. The van der Waals surface area contributed by atoms with E-state index in [9.17, 15) is 0 Å². The van der Waals surface area contributed by atoms with Crippen LogP contribution in [0.3, 0.4) is 0 Å². The van der Waals surface area contributed by atoms with Crippen molar-refractivity contribution < 1.29 is 9.47 Å². The summed E-state index contributed by atoms with van der Waals surface area (Å²) in [6.07, 6.45) is 3.60. The van der Waals surface area contributed by atoms with Crippen LogP contribution in [0.2, 0.25) is 0 Å². The molecule has 110 valence electrons. The number of rotatable bonds is 5. The van der Waals surface area contributed by atoms with Gasteiger partial charge in [-0.1, -0.05) is 6.07 Å². The van der Waals surface area contributed by atoms with Crippen LogP contribution < -0.4 is 11.1 Å². The van der Waals surface area contributed by atoms with E-state index in [1.807, 2.05) is 18.2 Å². The Kier molecular flexibility index (Phi) is 5.31. The molecule has 0 unspecified atom stereocenters. The van der Waals surface area contributed by atoms with Crippen LogP contribution in [0.5, 0.6) is 0 Å². The van der Waals surface area contributed by atoms with Gasteiger partial charge in [0.25, 0.3) is 0 Å². The number of guanidine groups is 1. The summed E-state index contributed by atoms with van der Waals surface area (Å²) in [7, 11) is 1.72. The monoisotopic (exact) mass is 278 g/mol. The Bertz CT molecular complexity index is 425. The Labute approximate surface area is 119 Å². The first-order valence-corrected chi connectivity index (χ1v) is 6.79. The quantitative estimate of drug-likeness (QED) is 0.626. The number of methoxy groups -OCH3 is 1. The third-order valence-corrected chi connectivity index (χ3v) is 3.51. The van der Waals surface area contributed by atoms with Crippen LogP contribution in [0.4, 0.5) is 5.82 Å². The van der Waals surface area contributed by atoms with Gasteiger partial charge in [0.05, 0.1) is 13.2 Å². The van der Waals surface area contributed by atoms with Crippen molar-refractivity contribution in [2.45, 2.75) is 12.8 Å². The third kappa shape index (κ3) is 4.18. The molecule has 0 saturated carbocycles. The Morgan fingerprint density at radius 3 is 2.95 bits per heavy atom. The molecule has 1 aliphatic rings. The Morgan fingerprint density at radius 2 is 2.30 bits per heavy atom. The van der Waals surface area contributed by atoms with Gasteiger partial charge in [0.15, 0.2) is 5.96 Å². The van der Waals surface area contributed by atoms with Crippen molar-refractivity contribution in [3.8, 4) is 0 Å². The molecule has 1 aromatic rings. The van der Waals surface area contributed by atoms with E-state index in [2.05, 4.69) is 15.3 Å². The molecule has 0 atom stereocenters. The zero-order valence-electron chi connectivity index (χ0n) is 11.8. The molecule has 1 fully saturated rings. The highest BCUT2D eigenvalue weighted by molar-refractivity contribution is 5.91. The second kappa shape index (κ2) is 7.21. The zero-order chi connectivity index (χ0) is 14.3. The Hall–Kier alpha value is -1.66. The van der Waals surface area contributed by atoms with Crippen molar-refractivity contribution in [3.05, 3.63) is 24.4 Å². The molecule has 2 heterocycles.